The molecule has 9 aromatic rings. The molecule has 1 heteroatoms. The van der Waals surface area contributed by atoms with Crippen molar-refractivity contribution in [3.63, 3.8) is 0 Å². The van der Waals surface area contributed by atoms with Gasteiger partial charge in [-0.2, -0.15) is 0 Å². The van der Waals surface area contributed by atoms with Crippen LogP contribution in [0.5, 0.6) is 0 Å². The number of fused-ring (bicyclic) bond motifs is 9. The fourth-order valence-electron chi connectivity index (χ4n) is 8.34. The molecule has 1 heterocycles. The van der Waals surface area contributed by atoms with Crippen LogP contribution in [0.1, 0.15) is 25.0 Å². The van der Waals surface area contributed by atoms with Gasteiger partial charge in [0.2, 0.25) is 0 Å². The average molecular weight is 612 g/mol. The van der Waals surface area contributed by atoms with Crippen molar-refractivity contribution in [3.05, 3.63) is 175 Å². The summed E-state index contributed by atoms with van der Waals surface area (Å²) in [7, 11) is 0. The molecular formula is C47H33N. The molecule has 226 valence electrons. The highest BCUT2D eigenvalue weighted by molar-refractivity contribution is 6.14. The van der Waals surface area contributed by atoms with Gasteiger partial charge in [0.15, 0.2) is 0 Å². The van der Waals surface area contributed by atoms with E-state index in [2.05, 4.69) is 182 Å². The number of rotatable bonds is 3. The van der Waals surface area contributed by atoms with Gasteiger partial charge in [0.25, 0.3) is 0 Å². The van der Waals surface area contributed by atoms with Crippen LogP contribution in [0.25, 0.3) is 82.4 Å². The number of hydrogen-bond donors (Lipinski definition) is 0. The van der Waals surface area contributed by atoms with Crippen LogP contribution in [0.2, 0.25) is 0 Å². The molecule has 0 saturated heterocycles. The summed E-state index contributed by atoms with van der Waals surface area (Å²) in [6, 6.07) is 60.6. The minimum Gasteiger partial charge on any atom is -0.309 e. The highest BCUT2D eigenvalue weighted by Gasteiger charge is 2.39. The maximum atomic E-state index is 2.51. The molecule has 1 aliphatic carbocycles. The van der Waals surface area contributed by atoms with Gasteiger partial charge in [-0.1, -0.05) is 135 Å². The van der Waals surface area contributed by atoms with E-state index in [-0.39, 0.29) is 5.41 Å². The number of aromatic nitrogens is 1. The minimum atomic E-state index is -0.195. The van der Waals surface area contributed by atoms with Crippen molar-refractivity contribution in [1.29, 1.82) is 0 Å². The fraction of sp³-hybridized carbons (Fsp3) is 0.0638. The SMILES string of the molecule is CC1(C)c2cc(-c3ccc4ccccc4c3)ccc2-c2ccc3c4cc(-c5ccc6ccccc6c5)ccc4n(-c4ccccc4)c3c21. The van der Waals surface area contributed by atoms with Crippen LogP contribution in [0.4, 0.5) is 0 Å². The molecule has 1 nitrogen and oxygen atoms in total. The third-order valence-corrected chi connectivity index (χ3v) is 10.7. The molecule has 0 unspecified atom stereocenters. The van der Waals surface area contributed by atoms with Crippen molar-refractivity contribution in [2.45, 2.75) is 19.3 Å². The van der Waals surface area contributed by atoms with E-state index in [9.17, 15) is 0 Å². The third-order valence-electron chi connectivity index (χ3n) is 10.7. The van der Waals surface area contributed by atoms with E-state index in [1.165, 1.54) is 93.5 Å². The van der Waals surface area contributed by atoms with E-state index in [0.29, 0.717) is 0 Å². The fourth-order valence-corrected chi connectivity index (χ4v) is 8.34. The smallest absolute Gasteiger partial charge is 0.0588 e. The summed E-state index contributed by atoms with van der Waals surface area (Å²) in [5, 5.41) is 7.66. The van der Waals surface area contributed by atoms with Crippen molar-refractivity contribution in [2.75, 3.05) is 0 Å². The molecule has 0 aliphatic heterocycles. The average Bonchev–Trinajstić information content (AvgIpc) is 3.59. The van der Waals surface area contributed by atoms with E-state index in [1.807, 2.05) is 0 Å². The van der Waals surface area contributed by atoms with Gasteiger partial charge in [-0.25, -0.2) is 0 Å². The minimum absolute atomic E-state index is 0.195. The molecule has 0 bridgehead atoms. The van der Waals surface area contributed by atoms with Gasteiger partial charge in [-0.3, -0.25) is 0 Å². The predicted octanol–water partition coefficient (Wildman–Crippen LogP) is 12.7. The molecule has 0 spiro atoms. The van der Waals surface area contributed by atoms with Crippen LogP contribution in [0.3, 0.4) is 0 Å². The van der Waals surface area contributed by atoms with Crippen molar-refractivity contribution < 1.29 is 0 Å². The lowest BCUT2D eigenvalue weighted by Gasteiger charge is -2.24. The first-order chi connectivity index (χ1) is 23.5. The molecule has 10 rings (SSSR count). The van der Waals surface area contributed by atoms with Crippen molar-refractivity contribution >= 4 is 43.4 Å². The summed E-state index contributed by atoms with van der Waals surface area (Å²) in [5.74, 6) is 0. The molecular weight excluding hydrogens is 579 g/mol. The second-order valence-corrected chi connectivity index (χ2v) is 13.8. The number of para-hydroxylation sites is 1. The summed E-state index contributed by atoms with van der Waals surface area (Å²) < 4.78 is 2.51. The summed E-state index contributed by atoms with van der Waals surface area (Å²) in [4.78, 5) is 0. The summed E-state index contributed by atoms with van der Waals surface area (Å²) >= 11 is 0. The van der Waals surface area contributed by atoms with Gasteiger partial charge in [-0.05, 0) is 109 Å². The molecule has 1 aromatic heterocycles. The topological polar surface area (TPSA) is 4.93 Å². The first-order valence-corrected chi connectivity index (χ1v) is 16.8. The highest BCUT2D eigenvalue weighted by Crippen LogP contribution is 2.54. The largest absolute Gasteiger partial charge is 0.309 e. The zero-order valence-corrected chi connectivity index (χ0v) is 27.0. The lowest BCUT2D eigenvalue weighted by atomic mass is 9.80. The zero-order chi connectivity index (χ0) is 32.0. The Morgan fingerprint density at radius 3 is 1.65 bits per heavy atom. The Bertz CT molecular complexity index is 2740. The second-order valence-electron chi connectivity index (χ2n) is 13.8. The molecule has 0 saturated carbocycles. The van der Waals surface area contributed by atoms with E-state index in [1.54, 1.807) is 0 Å². The Morgan fingerprint density at radius 1 is 0.417 bits per heavy atom. The van der Waals surface area contributed by atoms with E-state index < -0.39 is 0 Å². The van der Waals surface area contributed by atoms with E-state index in [0.717, 1.165) is 0 Å². The lowest BCUT2D eigenvalue weighted by molar-refractivity contribution is 0.664. The van der Waals surface area contributed by atoms with Crippen LogP contribution in [0.15, 0.2) is 164 Å². The van der Waals surface area contributed by atoms with Gasteiger partial charge < -0.3 is 4.57 Å². The van der Waals surface area contributed by atoms with Crippen LogP contribution in [0, 0.1) is 0 Å². The monoisotopic (exact) mass is 611 g/mol. The highest BCUT2D eigenvalue weighted by atomic mass is 15.0. The van der Waals surface area contributed by atoms with E-state index >= 15 is 0 Å². The molecule has 0 amide bonds. The molecule has 0 fully saturated rings. The van der Waals surface area contributed by atoms with Crippen LogP contribution < -0.4 is 0 Å². The number of benzene rings is 8. The molecule has 0 N–H and O–H groups in total. The maximum Gasteiger partial charge on any atom is 0.0588 e. The van der Waals surface area contributed by atoms with Crippen LogP contribution in [-0.4, -0.2) is 4.57 Å². The summed E-state index contributed by atoms with van der Waals surface area (Å²) in [6.07, 6.45) is 0. The second kappa shape index (κ2) is 10.0. The Kier molecular flexibility index (Phi) is 5.69. The third kappa shape index (κ3) is 3.91. The van der Waals surface area contributed by atoms with Gasteiger partial charge in [-0.15, -0.1) is 0 Å². The van der Waals surface area contributed by atoms with Crippen molar-refractivity contribution in [3.8, 4) is 39.1 Å². The summed E-state index contributed by atoms with van der Waals surface area (Å²) in [5.41, 5.74) is 14.0. The number of hydrogen-bond acceptors (Lipinski definition) is 0. The van der Waals surface area contributed by atoms with Gasteiger partial charge >= 0.3 is 0 Å². The number of nitrogens with zero attached hydrogens (tertiary/aromatic N) is 1. The molecule has 48 heavy (non-hydrogen) atoms. The first-order valence-electron chi connectivity index (χ1n) is 16.8. The van der Waals surface area contributed by atoms with E-state index in [4.69, 9.17) is 0 Å². The molecule has 1 aliphatic rings. The quantitative estimate of drug-likeness (QED) is 0.187. The molecule has 0 radical (unpaired) electrons. The maximum absolute atomic E-state index is 2.51. The van der Waals surface area contributed by atoms with Crippen molar-refractivity contribution in [2.24, 2.45) is 0 Å². The lowest BCUT2D eigenvalue weighted by Crippen LogP contribution is -2.16. The van der Waals surface area contributed by atoms with Gasteiger partial charge in [0.1, 0.15) is 0 Å². The van der Waals surface area contributed by atoms with Crippen LogP contribution >= 0.6 is 0 Å². The van der Waals surface area contributed by atoms with Gasteiger partial charge in [0.05, 0.1) is 11.0 Å². The standard InChI is InChI=1S/C47H33N/c1-47(2)43-29-37(35-19-17-31-11-7-9-13-33(31)27-35)20-22-39(43)40-23-24-41-42-28-36(34-18-16-30-10-6-8-12-32(30)26-34)21-25-44(42)48(46(41)45(40)47)38-14-4-3-5-15-38/h3-29H,1-2H3. The Hall–Kier alpha value is -5.92. The Labute approximate surface area is 280 Å². The van der Waals surface area contributed by atoms with Gasteiger partial charge in [0, 0.05) is 21.9 Å². The molecule has 8 aromatic carbocycles. The van der Waals surface area contributed by atoms with Crippen LogP contribution in [-0.2, 0) is 5.41 Å². The summed E-state index contributed by atoms with van der Waals surface area (Å²) in [6.45, 7) is 4.82. The zero-order valence-electron chi connectivity index (χ0n) is 27.0. The first kappa shape index (κ1) is 27.2. The van der Waals surface area contributed by atoms with Crippen molar-refractivity contribution in [1.82, 2.24) is 4.57 Å². The Balaban J connectivity index is 1.20. The normalized spacial score (nSPS) is 13.4. The predicted molar refractivity (Wildman–Crippen MR) is 204 cm³/mol. The Morgan fingerprint density at radius 2 is 0.958 bits per heavy atom. The molecule has 0 atom stereocenters.